The number of benzene rings is 1. The van der Waals surface area contributed by atoms with E-state index >= 15 is 0 Å². The Hall–Kier alpha value is -1.76. The summed E-state index contributed by atoms with van der Waals surface area (Å²) >= 11 is 0. The molecule has 0 unspecified atom stereocenters. The number of ketones is 1. The number of hydrogen-bond acceptors (Lipinski definition) is 5. The van der Waals surface area contributed by atoms with Gasteiger partial charge in [-0.25, -0.2) is 0 Å². The zero-order valence-electron chi connectivity index (χ0n) is 13.3. The van der Waals surface area contributed by atoms with E-state index in [0.717, 1.165) is 5.56 Å². The monoisotopic (exact) mass is 322 g/mol. The van der Waals surface area contributed by atoms with Crippen molar-refractivity contribution in [3.8, 4) is 11.3 Å². The summed E-state index contributed by atoms with van der Waals surface area (Å²) < 4.78 is 0. The molecular formula is C16H15N2NaO4. The summed E-state index contributed by atoms with van der Waals surface area (Å²) in [6, 6.07) is 7.27. The first-order valence-electron chi connectivity index (χ1n) is 6.96. The molecule has 1 aromatic carbocycles. The van der Waals surface area contributed by atoms with Gasteiger partial charge < -0.3 is 9.90 Å². The van der Waals surface area contributed by atoms with Crippen LogP contribution in [0.1, 0.15) is 46.7 Å². The van der Waals surface area contributed by atoms with Crippen LogP contribution in [0.3, 0.4) is 0 Å². The third-order valence-electron chi connectivity index (χ3n) is 3.43. The zero-order chi connectivity index (χ0) is 16.3. The van der Waals surface area contributed by atoms with E-state index in [1.807, 2.05) is 19.1 Å². The predicted molar refractivity (Wildman–Crippen MR) is 78.6 cm³/mol. The molecule has 23 heavy (non-hydrogen) atoms. The van der Waals surface area contributed by atoms with E-state index in [2.05, 4.69) is 10.2 Å². The van der Waals surface area contributed by atoms with Gasteiger partial charge in [-0.1, -0.05) is 38.1 Å². The van der Waals surface area contributed by atoms with Crippen molar-refractivity contribution in [2.75, 3.05) is 0 Å². The number of aromatic nitrogens is 2. The second kappa shape index (κ2) is 8.19. The molecular weight excluding hydrogens is 307 g/mol. The van der Waals surface area contributed by atoms with Crippen LogP contribution in [0.4, 0.5) is 0 Å². The first-order valence-corrected chi connectivity index (χ1v) is 6.96. The average Bonchev–Trinajstić information content (AvgIpc) is 2.53. The first kappa shape index (κ1) is 19.3. The second-order valence-corrected chi connectivity index (χ2v) is 4.73. The van der Waals surface area contributed by atoms with Gasteiger partial charge in [-0.05, 0) is 12.0 Å². The van der Waals surface area contributed by atoms with Crippen molar-refractivity contribution in [3.05, 3.63) is 51.3 Å². The Kier molecular flexibility index (Phi) is 6.87. The third kappa shape index (κ3) is 3.77. The number of carbonyl (C=O) groups is 2. The summed E-state index contributed by atoms with van der Waals surface area (Å²) in [5.41, 5.74) is -0.0412. The van der Waals surface area contributed by atoms with Crippen molar-refractivity contribution in [2.45, 2.75) is 26.7 Å². The molecule has 1 heterocycles. The standard InChI is InChI=1S/C16H16N2O4.Na/c1-3-9-7-5-6-8-10(9)13-12(11(19)4-2)15(20)14(16(21)22)18-17-13;/h5-8H,3-4H2,1-2H3,(H,17,20)(H,21,22);/q;+1/p-1. The summed E-state index contributed by atoms with van der Waals surface area (Å²) in [6.07, 6.45) is 0.779. The number of carboxylic acid groups (broad SMARTS) is 1. The van der Waals surface area contributed by atoms with Gasteiger partial charge in [-0.2, -0.15) is 5.10 Å². The number of carboxylic acids is 1. The summed E-state index contributed by atoms with van der Waals surface area (Å²) in [5.74, 6) is -2.14. The summed E-state index contributed by atoms with van der Waals surface area (Å²) in [7, 11) is 0. The minimum atomic E-state index is -1.71. The molecule has 0 aliphatic heterocycles. The van der Waals surface area contributed by atoms with E-state index in [1.165, 1.54) is 0 Å². The van der Waals surface area contributed by atoms with Gasteiger partial charge in [0.25, 0.3) is 0 Å². The van der Waals surface area contributed by atoms with Crippen LogP contribution in [-0.2, 0) is 6.42 Å². The van der Waals surface area contributed by atoms with Gasteiger partial charge in [0.05, 0.1) is 17.2 Å². The molecule has 0 atom stereocenters. The van der Waals surface area contributed by atoms with Gasteiger partial charge in [-0.15, -0.1) is 0 Å². The Labute approximate surface area is 155 Å². The molecule has 2 rings (SSSR count). The van der Waals surface area contributed by atoms with Gasteiger partial charge in [0.2, 0.25) is 5.43 Å². The number of H-pyrrole nitrogens is 1. The van der Waals surface area contributed by atoms with E-state index in [0.29, 0.717) is 12.0 Å². The van der Waals surface area contributed by atoms with Gasteiger partial charge in [0, 0.05) is 12.0 Å². The molecule has 0 saturated heterocycles. The smallest absolute Gasteiger partial charge is 0.543 e. The SMILES string of the molecule is CCC(=O)c1c(-c2ccccc2CC)[nH]nc(C(=O)[O-])c1=O.[Na+]. The van der Waals surface area contributed by atoms with Crippen LogP contribution < -0.4 is 40.1 Å². The largest absolute Gasteiger partial charge is 1.00 e. The van der Waals surface area contributed by atoms with E-state index in [4.69, 9.17) is 0 Å². The van der Waals surface area contributed by atoms with Crippen molar-refractivity contribution >= 4 is 11.8 Å². The minimum Gasteiger partial charge on any atom is -0.543 e. The zero-order valence-corrected chi connectivity index (χ0v) is 15.3. The Morgan fingerprint density at radius 1 is 1.22 bits per heavy atom. The molecule has 7 heteroatoms. The van der Waals surface area contributed by atoms with Crippen molar-refractivity contribution < 1.29 is 44.3 Å². The molecule has 1 N–H and O–H groups in total. The Morgan fingerprint density at radius 2 is 1.87 bits per heavy atom. The Morgan fingerprint density at radius 3 is 2.43 bits per heavy atom. The van der Waals surface area contributed by atoms with E-state index < -0.39 is 22.9 Å². The molecule has 0 bridgehead atoms. The van der Waals surface area contributed by atoms with Crippen LogP contribution in [0, 0.1) is 0 Å². The van der Waals surface area contributed by atoms with Crippen molar-refractivity contribution in [1.29, 1.82) is 0 Å². The average molecular weight is 322 g/mol. The van der Waals surface area contributed by atoms with Gasteiger partial charge in [0.15, 0.2) is 11.5 Å². The van der Waals surface area contributed by atoms with Gasteiger partial charge >= 0.3 is 29.6 Å². The number of hydrogen-bond donors (Lipinski definition) is 1. The maximum Gasteiger partial charge on any atom is 1.00 e. The topological polar surface area (TPSA) is 103 Å². The van der Waals surface area contributed by atoms with Crippen molar-refractivity contribution in [3.63, 3.8) is 0 Å². The first-order chi connectivity index (χ1) is 10.5. The predicted octanol–water partition coefficient (Wildman–Crippen LogP) is -2.04. The van der Waals surface area contributed by atoms with Crippen molar-refractivity contribution in [2.24, 2.45) is 0 Å². The van der Waals surface area contributed by atoms with Crippen LogP contribution in [0.5, 0.6) is 0 Å². The molecule has 0 radical (unpaired) electrons. The molecule has 0 saturated carbocycles. The summed E-state index contributed by atoms with van der Waals surface area (Å²) in [6.45, 7) is 3.55. The molecule has 2 aromatic rings. The van der Waals surface area contributed by atoms with Crippen LogP contribution >= 0.6 is 0 Å². The van der Waals surface area contributed by atoms with Crippen molar-refractivity contribution in [1.82, 2.24) is 10.2 Å². The third-order valence-corrected chi connectivity index (χ3v) is 3.43. The van der Waals surface area contributed by atoms with Crippen LogP contribution in [0.25, 0.3) is 11.3 Å². The summed E-state index contributed by atoms with van der Waals surface area (Å²) in [4.78, 5) is 35.4. The van der Waals surface area contributed by atoms with Crippen LogP contribution in [0.15, 0.2) is 29.1 Å². The fraction of sp³-hybridized carbons (Fsp3) is 0.250. The molecule has 0 spiro atoms. The van der Waals surface area contributed by atoms with Crippen LogP contribution in [0.2, 0.25) is 0 Å². The molecule has 114 valence electrons. The number of nitrogens with zero attached hydrogens (tertiary/aromatic N) is 1. The molecule has 0 aliphatic rings. The normalized spacial score (nSPS) is 10.0. The maximum atomic E-state index is 12.3. The fourth-order valence-electron chi connectivity index (χ4n) is 2.30. The molecule has 6 nitrogen and oxygen atoms in total. The molecule has 0 amide bonds. The molecule has 0 aliphatic carbocycles. The quantitative estimate of drug-likeness (QED) is 0.505. The number of carbonyl (C=O) groups excluding carboxylic acids is 2. The Balaban J connectivity index is 0.00000264. The van der Waals surface area contributed by atoms with Crippen LogP contribution in [-0.4, -0.2) is 21.9 Å². The fourth-order valence-corrected chi connectivity index (χ4v) is 2.30. The number of rotatable bonds is 5. The van der Waals surface area contributed by atoms with Gasteiger partial charge in [-0.3, -0.25) is 14.7 Å². The Bertz CT molecular complexity index is 799. The van der Waals surface area contributed by atoms with Gasteiger partial charge in [0.1, 0.15) is 0 Å². The number of aryl methyl sites for hydroxylation is 1. The number of nitrogens with one attached hydrogen (secondary N) is 1. The number of aromatic amines is 1. The second-order valence-electron chi connectivity index (χ2n) is 4.73. The number of Topliss-reactive ketones (excluding diaryl/α,β-unsaturated/α-hetero) is 1. The minimum absolute atomic E-state index is 0. The van der Waals surface area contributed by atoms with E-state index in [1.54, 1.807) is 19.1 Å². The summed E-state index contributed by atoms with van der Waals surface area (Å²) in [5, 5.41) is 17.0. The molecule has 1 aromatic heterocycles. The van der Waals surface area contributed by atoms with E-state index in [-0.39, 0.29) is 47.2 Å². The number of aromatic carboxylic acids is 1. The van der Waals surface area contributed by atoms with E-state index in [9.17, 15) is 19.5 Å². The maximum absolute atomic E-state index is 12.3. The molecule has 0 fully saturated rings.